The second kappa shape index (κ2) is 22.9. The molecule has 0 radical (unpaired) electrons. The number of nitrogens with two attached hydrogens (primary N) is 3. The molecule has 0 bridgehead atoms. The van der Waals surface area contributed by atoms with Gasteiger partial charge in [-0.2, -0.15) is 0 Å². The molecule has 6 aromatic carbocycles. The summed E-state index contributed by atoms with van der Waals surface area (Å²) in [6.07, 6.45) is -0.308. The van der Waals surface area contributed by atoms with Gasteiger partial charge in [-0.05, 0) is 109 Å². The summed E-state index contributed by atoms with van der Waals surface area (Å²) >= 11 is 5.80. The lowest BCUT2D eigenvalue weighted by Gasteiger charge is -2.12. The van der Waals surface area contributed by atoms with Gasteiger partial charge in [0.05, 0.1) is 19.3 Å². The topological polar surface area (TPSA) is 218 Å². The lowest BCUT2D eigenvalue weighted by Crippen LogP contribution is -2.14. The fourth-order valence-electron chi connectivity index (χ4n) is 5.32. The number of carbonyl (C=O) groups is 3. The van der Waals surface area contributed by atoms with Crippen LogP contribution in [0.15, 0.2) is 152 Å². The van der Waals surface area contributed by atoms with Gasteiger partial charge in [0.25, 0.3) is 0 Å². The molecule has 0 aliphatic rings. The highest BCUT2D eigenvalue weighted by molar-refractivity contribution is 6.30. The van der Waals surface area contributed by atoms with Gasteiger partial charge >= 0.3 is 17.9 Å². The van der Waals surface area contributed by atoms with Gasteiger partial charge in [0.1, 0.15) is 34.5 Å². The number of hydrogen-bond donors (Lipinski definition) is 6. The molecule has 0 fully saturated rings. The third kappa shape index (κ3) is 16.4. The molecule has 6 aromatic rings. The molecule has 0 spiro atoms. The summed E-state index contributed by atoms with van der Waals surface area (Å²) in [7, 11) is 0. The molecule has 12 nitrogen and oxygen atoms in total. The zero-order valence-electron chi connectivity index (χ0n) is 32.2. The standard InChI is InChI=1S/C16H17NO3.C15H14ClNO3.C15H15NO3/c1-11-5-7-13(8-6-11)20-14-4-2-3-12(9-14)15(17)10-16(18)19;16-11-4-6-12(7-5-11)20-13-3-1-2-10(8-13)14(17)9-15(18)19;16-14(10-15(17)18)11-6-8-13(9-7-11)19-12-4-2-1-3-5-12/h2-9,15H,10,17H2,1H3,(H,18,19);1-8,14H,9,17H2,(H,18,19);1-9,14H,10,16H2,(H,17,18). The number of aliphatic carboxylic acids is 3. The first kappa shape index (κ1) is 45.0. The Morgan fingerprint density at radius 1 is 0.458 bits per heavy atom. The van der Waals surface area contributed by atoms with E-state index >= 15 is 0 Å². The number of halogens is 1. The molecule has 13 heteroatoms. The molecule has 0 heterocycles. The van der Waals surface area contributed by atoms with Crippen molar-refractivity contribution in [2.24, 2.45) is 17.2 Å². The number of ether oxygens (including phenoxy) is 3. The van der Waals surface area contributed by atoms with Gasteiger partial charge in [-0.1, -0.05) is 83.9 Å². The van der Waals surface area contributed by atoms with E-state index in [-0.39, 0.29) is 19.3 Å². The van der Waals surface area contributed by atoms with Crippen molar-refractivity contribution in [3.05, 3.63) is 179 Å². The summed E-state index contributed by atoms with van der Waals surface area (Å²) in [5, 5.41) is 26.8. The minimum Gasteiger partial charge on any atom is -0.481 e. The normalized spacial score (nSPS) is 11.9. The van der Waals surface area contributed by atoms with Gasteiger partial charge in [-0.3, -0.25) is 14.4 Å². The van der Waals surface area contributed by atoms with Crippen LogP contribution in [-0.4, -0.2) is 33.2 Å². The van der Waals surface area contributed by atoms with E-state index in [1.165, 1.54) is 0 Å². The van der Waals surface area contributed by atoms with Gasteiger partial charge in [-0.15, -0.1) is 0 Å². The van der Waals surface area contributed by atoms with Crippen molar-refractivity contribution in [3.8, 4) is 34.5 Å². The smallest absolute Gasteiger partial charge is 0.305 e. The number of carboxylic acids is 3. The van der Waals surface area contributed by atoms with Crippen LogP contribution in [0.4, 0.5) is 0 Å². The van der Waals surface area contributed by atoms with Crippen LogP contribution in [-0.2, 0) is 14.4 Å². The maximum absolute atomic E-state index is 10.7. The largest absolute Gasteiger partial charge is 0.481 e. The maximum Gasteiger partial charge on any atom is 0.305 e. The van der Waals surface area contributed by atoms with Crippen LogP contribution >= 0.6 is 11.6 Å². The fourth-order valence-corrected chi connectivity index (χ4v) is 5.45. The van der Waals surface area contributed by atoms with Crippen molar-refractivity contribution >= 4 is 29.5 Å². The van der Waals surface area contributed by atoms with Gasteiger partial charge in [0.15, 0.2) is 0 Å². The molecule has 0 aliphatic heterocycles. The highest BCUT2D eigenvalue weighted by Gasteiger charge is 2.13. The summed E-state index contributed by atoms with van der Waals surface area (Å²) in [5.41, 5.74) is 20.9. The third-order valence-corrected chi connectivity index (χ3v) is 8.60. The number of benzene rings is 6. The summed E-state index contributed by atoms with van der Waals surface area (Å²) < 4.78 is 17.0. The molecular formula is C46H46ClN3O9. The Bertz CT molecular complexity index is 2130. The van der Waals surface area contributed by atoms with Gasteiger partial charge in [-0.25, -0.2) is 0 Å². The van der Waals surface area contributed by atoms with E-state index < -0.39 is 36.0 Å². The van der Waals surface area contributed by atoms with Crippen molar-refractivity contribution in [3.63, 3.8) is 0 Å². The van der Waals surface area contributed by atoms with Gasteiger partial charge < -0.3 is 46.7 Å². The second-order valence-electron chi connectivity index (χ2n) is 13.2. The molecule has 59 heavy (non-hydrogen) atoms. The molecule has 0 saturated heterocycles. The average molecular weight is 820 g/mol. The molecule has 306 valence electrons. The summed E-state index contributed by atoms with van der Waals surface area (Å²) in [6, 6.07) is 44.0. The minimum atomic E-state index is -0.929. The minimum absolute atomic E-state index is 0.0844. The number of para-hydroxylation sites is 1. The molecule has 0 amide bonds. The Kier molecular flexibility index (Phi) is 17.5. The van der Waals surface area contributed by atoms with Crippen molar-refractivity contribution < 1.29 is 43.9 Å². The Hall–Kier alpha value is -6.70. The Morgan fingerprint density at radius 2 is 0.797 bits per heavy atom. The predicted molar refractivity (Wildman–Crippen MR) is 226 cm³/mol. The summed E-state index contributed by atoms with van der Waals surface area (Å²) in [5.74, 6) is 1.33. The van der Waals surface area contributed by atoms with Crippen LogP contribution in [0.1, 0.15) is 59.6 Å². The van der Waals surface area contributed by atoms with Crippen LogP contribution < -0.4 is 31.4 Å². The number of rotatable bonds is 15. The zero-order chi connectivity index (χ0) is 42.7. The third-order valence-electron chi connectivity index (χ3n) is 8.35. The zero-order valence-corrected chi connectivity index (χ0v) is 32.9. The van der Waals surface area contributed by atoms with Crippen LogP contribution in [0, 0.1) is 6.92 Å². The second-order valence-corrected chi connectivity index (χ2v) is 13.6. The van der Waals surface area contributed by atoms with E-state index in [0.717, 1.165) is 33.8 Å². The highest BCUT2D eigenvalue weighted by atomic mass is 35.5. The molecule has 9 N–H and O–H groups in total. The first-order valence-electron chi connectivity index (χ1n) is 18.4. The molecular weight excluding hydrogens is 774 g/mol. The van der Waals surface area contributed by atoms with E-state index in [0.29, 0.717) is 28.0 Å². The molecule has 3 atom stereocenters. The SMILES string of the molecule is Cc1ccc(Oc2cccc(C(N)CC(=O)O)c2)cc1.NC(CC(=O)O)c1ccc(Oc2ccccc2)cc1.NC(CC(=O)O)c1cccc(Oc2ccc(Cl)cc2)c1. The first-order chi connectivity index (χ1) is 28.2. The molecule has 0 aromatic heterocycles. The van der Waals surface area contributed by atoms with Crippen LogP contribution in [0.2, 0.25) is 5.02 Å². The van der Waals surface area contributed by atoms with E-state index in [1.807, 2.05) is 67.6 Å². The Morgan fingerprint density at radius 3 is 1.22 bits per heavy atom. The Balaban J connectivity index is 0.000000196. The number of carboxylic acid groups (broad SMARTS) is 3. The maximum atomic E-state index is 10.7. The molecule has 0 aliphatic carbocycles. The fraction of sp³-hybridized carbons (Fsp3) is 0.152. The van der Waals surface area contributed by atoms with Crippen molar-refractivity contribution in [1.29, 1.82) is 0 Å². The Labute approximate surface area is 347 Å². The van der Waals surface area contributed by atoms with Crippen LogP contribution in [0.25, 0.3) is 0 Å². The lowest BCUT2D eigenvalue weighted by atomic mass is 10.0. The van der Waals surface area contributed by atoms with Crippen LogP contribution in [0.5, 0.6) is 34.5 Å². The monoisotopic (exact) mass is 819 g/mol. The summed E-state index contributed by atoms with van der Waals surface area (Å²) in [6.45, 7) is 2.01. The van der Waals surface area contributed by atoms with Crippen molar-refractivity contribution in [2.75, 3.05) is 0 Å². The molecule has 0 saturated carbocycles. The highest BCUT2D eigenvalue weighted by Crippen LogP contribution is 2.28. The van der Waals surface area contributed by atoms with Crippen LogP contribution in [0.3, 0.4) is 0 Å². The van der Waals surface area contributed by atoms with Gasteiger partial charge in [0.2, 0.25) is 0 Å². The first-order valence-corrected chi connectivity index (χ1v) is 18.7. The molecule has 3 unspecified atom stereocenters. The van der Waals surface area contributed by atoms with E-state index in [4.69, 9.17) is 58.3 Å². The quantitative estimate of drug-likeness (QED) is 0.0570. The number of aryl methyl sites for hydroxylation is 1. The van der Waals surface area contributed by atoms with Gasteiger partial charge in [0, 0.05) is 23.1 Å². The summed E-state index contributed by atoms with van der Waals surface area (Å²) in [4.78, 5) is 31.9. The van der Waals surface area contributed by atoms with Crippen molar-refractivity contribution in [1.82, 2.24) is 0 Å². The van der Waals surface area contributed by atoms with E-state index in [2.05, 4.69) is 0 Å². The molecule has 6 rings (SSSR count). The predicted octanol–water partition coefficient (Wildman–Crippen LogP) is 9.82. The average Bonchev–Trinajstić information content (AvgIpc) is 3.20. The van der Waals surface area contributed by atoms with Crippen molar-refractivity contribution in [2.45, 2.75) is 44.3 Å². The van der Waals surface area contributed by atoms with E-state index in [1.54, 1.807) is 91.0 Å². The number of hydrogen-bond acceptors (Lipinski definition) is 9. The lowest BCUT2D eigenvalue weighted by molar-refractivity contribution is -0.138. The van der Waals surface area contributed by atoms with E-state index in [9.17, 15) is 14.4 Å².